The summed E-state index contributed by atoms with van der Waals surface area (Å²) < 4.78 is 9.65. The Morgan fingerprint density at radius 3 is 2.78 bits per heavy atom. The number of carboxylic acid groups (broad SMARTS) is 1. The molecule has 18 heavy (non-hydrogen) atoms. The minimum absolute atomic E-state index is 0.104. The van der Waals surface area contributed by atoms with Gasteiger partial charge in [-0.05, 0) is 12.1 Å². The van der Waals surface area contributed by atoms with Crippen LogP contribution >= 0.6 is 11.6 Å². The van der Waals surface area contributed by atoms with E-state index in [2.05, 4.69) is 9.68 Å². The van der Waals surface area contributed by atoms with Crippen LogP contribution in [0.3, 0.4) is 0 Å². The molecule has 2 N–H and O–H groups in total. The van der Waals surface area contributed by atoms with E-state index in [1.54, 1.807) is 6.07 Å². The summed E-state index contributed by atoms with van der Waals surface area (Å²) in [5.74, 6) is -1.67. The van der Waals surface area contributed by atoms with E-state index in [4.69, 9.17) is 21.4 Å². The summed E-state index contributed by atoms with van der Waals surface area (Å²) in [7, 11) is 1.35. The van der Waals surface area contributed by atoms with E-state index in [0.29, 0.717) is 5.56 Å². The monoisotopic (exact) mass is 269 g/mol. The van der Waals surface area contributed by atoms with Crippen molar-refractivity contribution in [2.45, 2.75) is 0 Å². The number of ether oxygens (including phenoxy) is 1. The maximum Gasteiger partial charge on any atom is 0.374 e. The molecule has 0 aliphatic rings. The van der Waals surface area contributed by atoms with Crippen molar-refractivity contribution in [1.29, 1.82) is 0 Å². The zero-order valence-corrected chi connectivity index (χ0v) is 9.93. The first-order chi connectivity index (χ1) is 8.54. The molecule has 6 nitrogen and oxygen atoms in total. The molecule has 0 fully saturated rings. The average Bonchev–Trinajstić information content (AvgIpc) is 2.82. The van der Waals surface area contributed by atoms with Crippen molar-refractivity contribution >= 4 is 17.6 Å². The van der Waals surface area contributed by atoms with Gasteiger partial charge >= 0.3 is 5.97 Å². The summed E-state index contributed by atoms with van der Waals surface area (Å²) in [6.07, 6.45) is 0. The average molecular weight is 270 g/mol. The predicted molar refractivity (Wildman–Crippen MR) is 62.1 cm³/mol. The van der Waals surface area contributed by atoms with Crippen molar-refractivity contribution in [2.24, 2.45) is 0 Å². The van der Waals surface area contributed by atoms with Crippen LogP contribution in [0.4, 0.5) is 0 Å². The van der Waals surface area contributed by atoms with Gasteiger partial charge in [0.15, 0.2) is 11.5 Å². The Morgan fingerprint density at radius 1 is 1.50 bits per heavy atom. The maximum absolute atomic E-state index is 10.7. The van der Waals surface area contributed by atoms with E-state index < -0.39 is 5.97 Å². The number of aromatic nitrogens is 1. The van der Waals surface area contributed by atoms with E-state index >= 15 is 0 Å². The SMILES string of the molecule is COc1c(-c2cc(C(=O)O)on2)ccc(Cl)c1O. The molecule has 0 radical (unpaired) electrons. The number of carbonyl (C=O) groups is 1. The van der Waals surface area contributed by atoms with Gasteiger partial charge in [0, 0.05) is 11.6 Å². The highest BCUT2D eigenvalue weighted by Gasteiger charge is 2.18. The number of hydrogen-bond acceptors (Lipinski definition) is 5. The number of phenolic OH excluding ortho intramolecular Hbond substituents is 1. The van der Waals surface area contributed by atoms with Crippen LogP contribution in [0.2, 0.25) is 5.02 Å². The van der Waals surface area contributed by atoms with Gasteiger partial charge in [0.05, 0.1) is 12.1 Å². The molecule has 0 aliphatic carbocycles. The smallest absolute Gasteiger partial charge is 0.374 e. The molecule has 0 aliphatic heterocycles. The topological polar surface area (TPSA) is 92.8 Å². The van der Waals surface area contributed by atoms with E-state index in [1.165, 1.54) is 19.2 Å². The summed E-state index contributed by atoms with van der Waals surface area (Å²) in [6.45, 7) is 0. The number of halogens is 1. The molecular weight excluding hydrogens is 262 g/mol. The number of rotatable bonds is 3. The lowest BCUT2D eigenvalue weighted by molar-refractivity contribution is 0.0652. The van der Waals surface area contributed by atoms with Gasteiger partial charge in [0.2, 0.25) is 5.76 Å². The molecule has 1 heterocycles. The lowest BCUT2D eigenvalue weighted by atomic mass is 10.1. The van der Waals surface area contributed by atoms with E-state index in [-0.39, 0.29) is 28.0 Å². The number of carboxylic acids is 1. The Kier molecular flexibility index (Phi) is 3.12. The van der Waals surface area contributed by atoms with Gasteiger partial charge in [-0.1, -0.05) is 16.8 Å². The molecule has 94 valence electrons. The number of aromatic carboxylic acids is 1. The maximum atomic E-state index is 10.7. The third-order valence-electron chi connectivity index (χ3n) is 2.28. The fourth-order valence-corrected chi connectivity index (χ4v) is 1.61. The first kappa shape index (κ1) is 12.3. The Balaban J connectivity index is 2.56. The Morgan fingerprint density at radius 2 is 2.22 bits per heavy atom. The lowest BCUT2D eigenvalue weighted by Crippen LogP contribution is -1.92. The van der Waals surface area contributed by atoms with Crippen LogP contribution in [0.5, 0.6) is 11.5 Å². The van der Waals surface area contributed by atoms with Crippen LogP contribution in [0.1, 0.15) is 10.6 Å². The zero-order chi connectivity index (χ0) is 13.3. The second-order valence-electron chi connectivity index (χ2n) is 3.36. The summed E-state index contributed by atoms with van der Waals surface area (Å²) in [6, 6.07) is 4.22. The first-order valence-corrected chi connectivity index (χ1v) is 5.18. The first-order valence-electron chi connectivity index (χ1n) is 4.80. The summed E-state index contributed by atoms with van der Waals surface area (Å²) in [4.78, 5) is 10.7. The molecule has 7 heteroatoms. The van der Waals surface area contributed by atoms with Gasteiger partial charge in [-0.2, -0.15) is 0 Å². The zero-order valence-electron chi connectivity index (χ0n) is 9.18. The van der Waals surface area contributed by atoms with E-state index in [1.807, 2.05) is 0 Å². The Hall–Kier alpha value is -2.21. The Labute approximate surface area is 106 Å². The van der Waals surface area contributed by atoms with Gasteiger partial charge < -0.3 is 19.5 Å². The lowest BCUT2D eigenvalue weighted by Gasteiger charge is -2.08. The summed E-state index contributed by atoms with van der Waals surface area (Å²) in [5.41, 5.74) is 0.617. The van der Waals surface area contributed by atoms with Gasteiger partial charge in [0.25, 0.3) is 0 Å². The second kappa shape index (κ2) is 4.58. The quantitative estimate of drug-likeness (QED) is 0.889. The van der Waals surface area contributed by atoms with Crippen LogP contribution in [0.15, 0.2) is 22.7 Å². The highest BCUT2D eigenvalue weighted by molar-refractivity contribution is 6.32. The molecule has 0 bridgehead atoms. The number of benzene rings is 1. The van der Waals surface area contributed by atoms with Gasteiger partial charge in [-0.15, -0.1) is 0 Å². The van der Waals surface area contributed by atoms with Crippen LogP contribution in [0, 0.1) is 0 Å². The van der Waals surface area contributed by atoms with Crippen LogP contribution in [0.25, 0.3) is 11.3 Å². The molecule has 1 aromatic heterocycles. The van der Waals surface area contributed by atoms with Crippen LogP contribution in [-0.4, -0.2) is 28.4 Å². The molecule has 0 saturated heterocycles. The number of aromatic hydroxyl groups is 1. The minimum Gasteiger partial charge on any atom is -0.503 e. The third kappa shape index (κ3) is 1.98. The second-order valence-corrected chi connectivity index (χ2v) is 3.77. The van der Waals surface area contributed by atoms with E-state index in [0.717, 1.165) is 0 Å². The van der Waals surface area contributed by atoms with Crippen LogP contribution < -0.4 is 4.74 Å². The number of hydrogen-bond donors (Lipinski definition) is 2. The molecule has 0 saturated carbocycles. The standard InChI is InChI=1S/C11H8ClNO5/c1-17-10-5(2-3-6(12)9(10)14)7-4-8(11(15)16)18-13-7/h2-4,14H,1H3,(H,15,16). The Bertz CT molecular complexity index is 607. The predicted octanol–water partition coefficient (Wildman–Crippen LogP) is 2.41. The van der Waals surface area contributed by atoms with Crippen molar-refractivity contribution < 1.29 is 24.3 Å². The molecule has 0 atom stereocenters. The number of methoxy groups -OCH3 is 1. The molecular formula is C11H8ClNO5. The molecule has 0 spiro atoms. The molecule has 1 aromatic carbocycles. The minimum atomic E-state index is -1.23. The fraction of sp³-hybridized carbons (Fsp3) is 0.0909. The van der Waals surface area contributed by atoms with Gasteiger partial charge in [0.1, 0.15) is 5.69 Å². The van der Waals surface area contributed by atoms with Crippen molar-refractivity contribution in [3.05, 3.63) is 29.0 Å². The van der Waals surface area contributed by atoms with Crippen LogP contribution in [-0.2, 0) is 0 Å². The normalized spacial score (nSPS) is 10.3. The van der Waals surface area contributed by atoms with Gasteiger partial charge in [-0.3, -0.25) is 0 Å². The highest BCUT2D eigenvalue weighted by Crippen LogP contribution is 2.41. The van der Waals surface area contributed by atoms with Crippen molar-refractivity contribution in [2.75, 3.05) is 7.11 Å². The molecule has 0 unspecified atom stereocenters. The highest BCUT2D eigenvalue weighted by atomic mass is 35.5. The number of phenols is 1. The van der Waals surface area contributed by atoms with Crippen molar-refractivity contribution in [3.63, 3.8) is 0 Å². The summed E-state index contributed by atoms with van der Waals surface area (Å²) >= 11 is 5.74. The van der Waals surface area contributed by atoms with E-state index in [9.17, 15) is 9.90 Å². The van der Waals surface area contributed by atoms with Crippen molar-refractivity contribution in [1.82, 2.24) is 5.16 Å². The third-order valence-corrected chi connectivity index (χ3v) is 2.59. The molecule has 0 amide bonds. The van der Waals surface area contributed by atoms with Gasteiger partial charge in [-0.25, -0.2) is 4.79 Å². The molecule has 2 rings (SSSR count). The van der Waals surface area contributed by atoms with Crippen molar-refractivity contribution in [3.8, 4) is 22.8 Å². The molecule has 2 aromatic rings. The summed E-state index contributed by atoms with van der Waals surface area (Å²) in [5, 5.41) is 22.2. The fourth-order valence-electron chi connectivity index (χ4n) is 1.46. The largest absolute Gasteiger partial charge is 0.503 e. The number of nitrogens with zero attached hydrogens (tertiary/aromatic N) is 1.